The van der Waals surface area contributed by atoms with Crippen LogP contribution in [-0.4, -0.2) is 24.5 Å². The summed E-state index contributed by atoms with van der Waals surface area (Å²) >= 11 is 0. The standard InChI is InChI=1S/C19H26N2O3S/c1-7-13-10-14(8-2)16(15(9-3)11-13)17-18(25(6,23)24)12(4)20-21(5)19(17)22/h10-11H,7-9H2,1-6H3. The molecule has 0 bridgehead atoms. The van der Waals surface area contributed by atoms with Crippen LogP contribution in [0.4, 0.5) is 0 Å². The molecule has 1 aromatic carbocycles. The van der Waals surface area contributed by atoms with Gasteiger partial charge in [-0.25, -0.2) is 13.1 Å². The number of aromatic nitrogens is 2. The van der Waals surface area contributed by atoms with Crippen LogP contribution in [0.1, 0.15) is 43.2 Å². The fraction of sp³-hybridized carbons (Fsp3) is 0.474. The van der Waals surface area contributed by atoms with Crippen LogP contribution in [0.25, 0.3) is 11.1 Å². The summed E-state index contributed by atoms with van der Waals surface area (Å²) in [6, 6.07) is 4.16. The lowest BCUT2D eigenvalue weighted by molar-refractivity contribution is 0.596. The molecule has 0 aliphatic rings. The van der Waals surface area contributed by atoms with Gasteiger partial charge in [-0.15, -0.1) is 0 Å². The fourth-order valence-corrected chi connectivity index (χ4v) is 4.49. The van der Waals surface area contributed by atoms with Gasteiger partial charge in [0.2, 0.25) is 0 Å². The number of nitrogens with zero attached hydrogens (tertiary/aromatic N) is 2. The molecule has 0 N–H and O–H groups in total. The lowest BCUT2D eigenvalue weighted by atomic mass is 9.89. The van der Waals surface area contributed by atoms with E-state index in [2.05, 4.69) is 24.2 Å². The average Bonchev–Trinajstić information content (AvgIpc) is 2.55. The molecule has 1 aromatic heterocycles. The topological polar surface area (TPSA) is 69.0 Å². The van der Waals surface area contributed by atoms with Crippen LogP contribution in [0, 0.1) is 6.92 Å². The Morgan fingerprint density at radius 2 is 1.52 bits per heavy atom. The monoisotopic (exact) mass is 362 g/mol. The minimum absolute atomic E-state index is 0.0456. The van der Waals surface area contributed by atoms with Crippen molar-refractivity contribution in [1.82, 2.24) is 9.78 Å². The molecule has 0 radical (unpaired) electrons. The molecule has 0 aliphatic carbocycles. The molecule has 1 heterocycles. The maximum atomic E-state index is 12.9. The number of sulfone groups is 1. The molecule has 2 aromatic rings. The van der Waals surface area contributed by atoms with Crippen molar-refractivity contribution in [3.05, 3.63) is 44.9 Å². The van der Waals surface area contributed by atoms with E-state index in [0.29, 0.717) is 5.69 Å². The first kappa shape index (κ1) is 19.4. The highest BCUT2D eigenvalue weighted by Gasteiger charge is 2.26. The molecule has 0 atom stereocenters. The zero-order valence-corrected chi connectivity index (χ0v) is 16.6. The molecular formula is C19H26N2O3S. The molecule has 0 aliphatic heterocycles. The lowest BCUT2D eigenvalue weighted by Gasteiger charge is -2.19. The number of benzene rings is 1. The van der Waals surface area contributed by atoms with Gasteiger partial charge in [-0.3, -0.25) is 4.79 Å². The molecule has 5 nitrogen and oxygen atoms in total. The first-order chi connectivity index (χ1) is 11.6. The van der Waals surface area contributed by atoms with E-state index < -0.39 is 9.84 Å². The summed E-state index contributed by atoms with van der Waals surface area (Å²) in [4.78, 5) is 13.0. The molecular weight excluding hydrogens is 336 g/mol. The summed E-state index contributed by atoms with van der Waals surface area (Å²) in [5.74, 6) is 0. The van der Waals surface area contributed by atoms with E-state index in [9.17, 15) is 13.2 Å². The zero-order valence-electron chi connectivity index (χ0n) is 15.8. The Hall–Kier alpha value is -1.95. The summed E-state index contributed by atoms with van der Waals surface area (Å²) in [7, 11) is -2.03. The Bertz CT molecular complexity index is 948. The van der Waals surface area contributed by atoms with Gasteiger partial charge in [-0.1, -0.05) is 32.9 Å². The fourth-order valence-electron chi connectivity index (χ4n) is 3.35. The third kappa shape index (κ3) is 3.54. The first-order valence-electron chi connectivity index (χ1n) is 8.58. The highest BCUT2D eigenvalue weighted by Crippen LogP contribution is 2.33. The van der Waals surface area contributed by atoms with E-state index >= 15 is 0 Å². The first-order valence-corrected chi connectivity index (χ1v) is 10.5. The summed E-state index contributed by atoms with van der Waals surface area (Å²) in [6.07, 6.45) is 3.48. The van der Waals surface area contributed by atoms with Crippen molar-refractivity contribution in [3.63, 3.8) is 0 Å². The second-order valence-corrected chi connectivity index (χ2v) is 8.29. The minimum Gasteiger partial charge on any atom is -0.267 e. The Morgan fingerprint density at radius 1 is 1.00 bits per heavy atom. The third-order valence-corrected chi connectivity index (χ3v) is 5.76. The highest BCUT2D eigenvalue weighted by atomic mass is 32.2. The van der Waals surface area contributed by atoms with Crippen LogP contribution in [-0.2, 0) is 36.1 Å². The van der Waals surface area contributed by atoms with Gasteiger partial charge in [-0.2, -0.15) is 5.10 Å². The summed E-state index contributed by atoms with van der Waals surface area (Å²) in [5.41, 5.74) is 4.19. The Kier molecular flexibility index (Phi) is 5.52. The maximum absolute atomic E-state index is 12.9. The Labute approximate surface area is 149 Å². The van der Waals surface area contributed by atoms with Gasteiger partial charge in [0.25, 0.3) is 5.56 Å². The van der Waals surface area contributed by atoms with E-state index in [-0.39, 0.29) is 16.0 Å². The third-order valence-electron chi connectivity index (χ3n) is 4.52. The van der Waals surface area contributed by atoms with E-state index in [1.807, 2.05) is 13.8 Å². The van der Waals surface area contributed by atoms with E-state index in [1.54, 1.807) is 14.0 Å². The van der Waals surface area contributed by atoms with Gasteiger partial charge in [-0.05, 0) is 48.4 Å². The molecule has 0 amide bonds. The Morgan fingerprint density at radius 3 is 1.92 bits per heavy atom. The van der Waals surface area contributed by atoms with E-state index in [4.69, 9.17) is 0 Å². The second kappa shape index (κ2) is 7.12. The van der Waals surface area contributed by atoms with Crippen LogP contribution in [0.3, 0.4) is 0 Å². The molecule has 0 saturated heterocycles. The number of hydrogen-bond donors (Lipinski definition) is 0. The van der Waals surface area contributed by atoms with Crippen molar-refractivity contribution >= 4 is 9.84 Å². The largest absolute Gasteiger partial charge is 0.275 e. The van der Waals surface area contributed by atoms with Crippen molar-refractivity contribution in [2.24, 2.45) is 7.05 Å². The number of hydrogen-bond acceptors (Lipinski definition) is 4. The molecule has 0 saturated carbocycles. The minimum atomic E-state index is -3.59. The smallest absolute Gasteiger partial charge is 0.267 e. The van der Waals surface area contributed by atoms with Gasteiger partial charge < -0.3 is 0 Å². The second-order valence-electron chi connectivity index (χ2n) is 6.34. The molecule has 136 valence electrons. The van der Waals surface area contributed by atoms with Crippen molar-refractivity contribution in [1.29, 1.82) is 0 Å². The van der Waals surface area contributed by atoms with Crippen LogP contribution in [0.2, 0.25) is 0 Å². The number of rotatable bonds is 5. The molecule has 6 heteroatoms. The van der Waals surface area contributed by atoms with Gasteiger partial charge in [0, 0.05) is 13.3 Å². The SMILES string of the molecule is CCc1cc(CC)c(-c2c(S(C)(=O)=O)c(C)nn(C)c2=O)c(CC)c1. The van der Waals surface area contributed by atoms with Gasteiger partial charge in [0.15, 0.2) is 9.84 Å². The number of aryl methyl sites for hydroxylation is 5. The van der Waals surface area contributed by atoms with Crippen LogP contribution in [0.5, 0.6) is 0 Å². The average molecular weight is 362 g/mol. The van der Waals surface area contributed by atoms with Gasteiger partial charge >= 0.3 is 0 Å². The maximum Gasteiger partial charge on any atom is 0.275 e. The molecule has 25 heavy (non-hydrogen) atoms. The van der Waals surface area contributed by atoms with Gasteiger partial charge in [0.1, 0.15) is 4.90 Å². The molecule has 2 rings (SSSR count). The van der Waals surface area contributed by atoms with Crippen molar-refractivity contribution < 1.29 is 8.42 Å². The highest BCUT2D eigenvalue weighted by molar-refractivity contribution is 7.90. The Balaban J connectivity index is 3.09. The van der Waals surface area contributed by atoms with Crippen LogP contribution in [0.15, 0.2) is 21.8 Å². The van der Waals surface area contributed by atoms with Crippen molar-refractivity contribution in [2.45, 2.75) is 51.9 Å². The zero-order chi connectivity index (χ0) is 18.9. The normalized spacial score (nSPS) is 11.8. The van der Waals surface area contributed by atoms with Crippen LogP contribution >= 0.6 is 0 Å². The molecule has 0 spiro atoms. The summed E-state index contributed by atoms with van der Waals surface area (Å²) in [6.45, 7) is 7.77. The van der Waals surface area contributed by atoms with Crippen molar-refractivity contribution in [2.75, 3.05) is 6.26 Å². The van der Waals surface area contributed by atoms with Crippen LogP contribution < -0.4 is 5.56 Å². The quantitative estimate of drug-likeness (QED) is 0.820. The lowest BCUT2D eigenvalue weighted by Crippen LogP contribution is -2.26. The molecule has 0 unspecified atom stereocenters. The van der Waals surface area contributed by atoms with Crippen molar-refractivity contribution in [3.8, 4) is 11.1 Å². The summed E-state index contributed by atoms with van der Waals surface area (Å²) < 4.78 is 26.1. The molecule has 0 fully saturated rings. The van der Waals surface area contributed by atoms with Gasteiger partial charge in [0.05, 0.1) is 11.3 Å². The predicted molar refractivity (Wildman–Crippen MR) is 101 cm³/mol. The predicted octanol–water partition coefficient (Wildman–Crippen LogP) is 2.85. The van der Waals surface area contributed by atoms with E-state index in [0.717, 1.165) is 42.2 Å². The summed E-state index contributed by atoms with van der Waals surface area (Å²) in [5, 5.41) is 4.10. The van der Waals surface area contributed by atoms with E-state index in [1.165, 1.54) is 10.2 Å².